The molecule has 1 amide bonds. The van der Waals surface area contributed by atoms with Crippen LogP contribution in [0, 0.1) is 17.6 Å². The number of carbonyl (C=O) groups is 1. The number of piperidine rings is 1. The second-order valence-electron chi connectivity index (χ2n) is 7.38. The Hall–Kier alpha value is -2.36. The first-order valence-corrected chi connectivity index (χ1v) is 11.6. The van der Waals surface area contributed by atoms with Crippen LogP contribution in [0.4, 0.5) is 8.78 Å². The zero-order valence-corrected chi connectivity index (χ0v) is 18.1. The number of halogens is 2. The summed E-state index contributed by atoms with van der Waals surface area (Å²) in [5.41, 5.74) is 1.99. The van der Waals surface area contributed by atoms with Gasteiger partial charge in [0, 0.05) is 32.2 Å². The van der Waals surface area contributed by atoms with E-state index in [1.165, 1.54) is 4.31 Å². The van der Waals surface area contributed by atoms with E-state index in [1.54, 1.807) is 0 Å². The first kappa shape index (κ1) is 23.3. The number of nitrogens with zero attached hydrogens (tertiary/aromatic N) is 1. The normalized spacial score (nSPS) is 15.7. The molecule has 0 spiro atoms. The minimum Gasteiger partial charge on any atom is -0.377 e. The van der Waals surface area contributed by atoms with Crippen LogP contribution in [-0.4, -0.2) is 38.3 Å². The van der Waals surface area contributed by atoms with Crippen LogP contribution in [0.5, 0.6) is 0 Å². The first-order valence-electron chi connectivity index (χ1n) is 10.2. The Morgan fingerprint density at radius 2 is 1.77 bits per heavy atom. The molecule has 0 bridgehead atoms. The van der Waals surface area contributed by atoms with Crippen molar-refractivity contribution in [3.8, 4) is 0 Å². The molecule has 1 heterocycles. The zero-order valence-electron chi connectivity index (χ0n) is 17.3. The monoisotopic (exact) mass is 452 g/mol. The molecule has 0 radical (unpaired) electrons. The van der Waals surface area contributed by atoms with E-state index in [2.05, 4.69) is 5.32 Å². The highest BCUT2D eigenvalue weighted by Gasteiger charge is 2.32. The Kier molecular flexibility index (Phi) is 7.74. The van der Waals surface area contributed by atoms with Gasteiger partial charge in [-0.25, -0.2) is 17.2 Å². The molecule has 0 unspecified atom stereocenters. The molecule has 1 saturated heterocycles. The Bertz CT molecular complexity index is 1020. The fraction of sp³-hybridized carbons (Fsp3) is 0.409. The molecule has 1 aliphatic heterocycles. The molecule has 0 atom stereocenters. The summed E-state index contributed by atoms with van der Waals surface area (Å²) in [6.45, 7) is 3.65. The molecule has 168 valence electrons. The van der Waals surface area contributed by atoms with Gasteiger partial charge in [-0.15, -0.1) is 0 Å². The van der Waals surface area contributed by atoms with Gasteiger partial charge in [-0.3, -0.25) is 4.79 Å². The van der Waals surface area contributed by atoms with Crippen LogP contribution in [0.3, 0.4) is 0 Å². The minimum absolute atomic E-state index is 0.129. The van der Waals surface area contributed by atoms with E-state index < -0.39 is 21.7 Å². The Morgan fingerprint density at radius 1 is 1.10 bits per heavy atom. The number of carbonyl (C=O) groups excluding carboxylic acids is 1. The SMILES string of the molecule is CCOCc1ccccc1CNC(=O)C1CCN(S(=O)(=O)c2ccc(F)c(F)c2)CC1. The third kappa shape index (κ3) is 5.66. The topological polar surface area (TPSA) is 75.7 Å². The van der Waals surface area contributed by atoms with Crippen LogP contribution in [-0.2, 0) is 32.7 Å². The number of hydrogen-bond donors (Lipinski definition) is 1. The van der Waals surface area contributed by atoms with Gasteiger partial charge in [0.05, 0.1) is 11.5 Å². The highest BCUT2D eigenvalue weighted by Crippen LogP contribution is 2.25. The second-order valence-corrected chi connectivity index (χ2v) is 9.32. The average molecular weight is 453 g/mol. The van der Waals surface area contributed by atoms with Crippen molar-refractivity contribution in [2.24, 2.45) is 5.92 Å². The summed E-state index contributed by atoms with van der Waals surface area (Å²) < 4.78 is 58.6. The number of benzene rings is 2. The van der Waals surface area contributed by atoms with Gasteiger partial charge in [-0.2, -0.15) is 4.31 Å². The van der Waals surface area contributed by atoms with Gasteiger partial charge in [-0.1, -0.05) is 24.3 Å². The predicted octanol–water partition coefficient (Wildman–Crippen LogP) is 3.22. The van der Waals surface area contributed by atoms with Crippen LogP contribution in [0.2, 0.25) is 0 Å². The number of ether oxygens (including phenoxy) is 1. The van der Waals surface area contributed by atoms with Crippen molar-refractivity contribution in [3.63, 3.8) is 0 Å². The summed E-state index contributed by atoms with van der Waals surface area (Å²) in [6.07, 6.45) is 0.713. The quantitative estimate of drug-likeness (QED) is 0.667. The fourth-order valence-corrected chi connectivity index (χ4v) is 5.04. The summed E-state index contributed by atoms with van der Waals surface area (Å²) in [7, 11) is -3.94. The summed E-state index contributed by atoms with van der Waals surface area (Å²) in [5.74, 6) is -2.75. The van der Waals surface area contributed by atoms with E-state index >= 15 is 0 Å². The van der Waals surface area contributed by atoms with E-state index in [4.69, 9.17) is 4.74 Å². The fourth-order valence-electron chi connectivity index (χ4n) is 3.55. The molecule has 1 fully saturated rings. The van der Waals surface area contributed by atoms with E-state index in [0.717, 1.165) is 23.3 Å². The van der Waals surface area contributed by atoms with Crippen LogP contribution >= 0.6 is 0 Å². The van der Waals surface area contributed by atoms with Crippen molar-refractivity contribution in [1.82, 2.24) is 9.62 Å². The third-order valence-corrected chi connectivity index (χ3v) is 7.28. The highest BCUT2D eigenvalue weighted by atomic mass is 32.2. The predicted molar refractivity (Wildman–Crippen MR) is 111 cm³/mol. The first-order chi connectivity index (χ1) is 14.8. The van der Waals surface area contributed by atoms with Crippen LogP contribution in [0.25, 0.3) is 0 Å². The molecular weight excluding hydrogens is 426 g/mol. The lowest BCUT2D eigenvalue weighted by Gasteiger charge is -2.30. The summed E-state index contributed by atoms with van der Waals surface area (Å²) >= 11 is 0. The second kappa shape index (κ2) is 10.3. The molecule has 0 saturated carbocycles. The molecule has 1 N–H and O–H groups in total. The van der Waals surface area contributed by atoms with Crippen molar-refractivity contribution in [2.45, 2.75) is 37.8 Å². The van der Waals surface area contributed by atoms with Gasteiger partial charge in [0.2, 0.25) is 15.9 Å². The molecule has 9 heteroatoms. The van der Waals surface area contributed by atoms with Gasteiger partial charge in [0.15, 0.2) is 11.6 Å². The van der Waals surface area contributed by atoms with Gasteiger partial charge >= 0.3 is 0 Å². The van der Waals surface area contributed by atoms with E-state index in [0.29, 0.717) is 38.7 Å². The molecule has 0 aliphatic carbocycles. The Morgan fingerprint density at radius 3 is 2.42 bits per heavy atom. The van der Waals surface area contributed by atoms with Crippen molar-refractivity contribution in [1.29, 1.82) is 0 Å². The lowest BCUT2D eigenvalue weighted by atomic mass is 9.97. The Labute approximate surface area is 181 Å². The standard InChI is InChI=1S/C22H26F2N2O4S/c1-2-30-15-18-6-4-3-5-17(18)14-25-22(27)16-9-11-26(12-10-16)31(28,29)19-7-8-20(23)21(24)13-19/h3-8,13,16H,2,9-12,14-15H2,1H3,(H,25,27). The molecule has 0 aromatic heterocycles. The molecule has 2 aromatic carbocycles. The molecule has 3 rings (SSSR count). The van der Waals surface area contributed by atoms with Gasteiger partial charge < -0.3 is 10.1 Å². The van der Waals surface area contributed by atoms with Gasteiger partial charge in [0.25, 0.3) is 0 Å². The maximum Gasteiger partial charge on any atom is 0.243 e. The van der Waals surface area contributed by atoms with Crippen molar-refractivity contribution >= 4 is 15.9 Å². The number of amides is 1. The number of rotatable bonds is 8. The maximum absolute atomic E-state index is 13.4. The van der Waals surface area contributed by atoms with E-state index in [-0.39, 0.29) is 29.8 Å². The van der Waals surface area contributed by atoms with E-state index in [1.807, 2.05) is 31.2 Å². The van der Waals surface area contributed by atoms with Gasteiger partial charge in [-0.05, 0) is 49.1 Å². The average Bonchev–Trinajstić information content (AvgIpc) is 2.78. The molecule has 1 aliphatic rings. The zero-order chi connectivity index (χ0) is 22.4. The Balaban J connectivity index is 1.56. The minimum atomic E-state index is -3.94. The summed E-state index contributed by atoms with van der Waals surface area (Å²) in [6, 6.07) is 10.2. The summed E-state index contributed by atoms with van der Waals surface area (Å²) in [5, 5.41) is 2.93. The van der Waals surface area contributed by atoms with Crippen LogP contribution < -0.4 is 5.32 Å². The largest absolute Gasteiger partial charge is 0.377 e. The highest BCUT2D eigenvalue weighted by molar-refractivity contribution is 7.89. The molecule has 6 nitrogen and oxygen atoms in total. The number of hydrogen-bond acceptors (Lipinski definition) is 4. The number of nitrogens with one attached hydrogen (secondary N) is 1. The lowest BCUT2D eigenvalue weighted by molar-refractivity contribution is -0.126. The van der Waals surface area contributed by atoms with Gasteiger partial charge in [0.1, 0.15) is 0 Å². The van der Waals surface area contributed by atoms with Crippen molar-refractivity contribution in [3.05, 3.63) is 65.2 Å². The lowest BCUT2D eigenvalue weighted by Crippen LogP contribution is -2.42. The number of sulfonamides is 1. The molecule has 31 heavy (non-hydrogen) atoms. The van der Waals surface area contributed by atoms with Crippen LogP contribution in [0.1, 0.15) is 30.9 Å². The van der Waals surface area contributed by atoms with Crippen LogP contribution in [0.15, 0.2) is 47.4 Å². The molecular formula is C22H26F2N2O4S. The van der Waals surface area contributed by atoms with E-state index in [9.17, 15) is 22.0 Å². The molecule has 2 aromatic rings. The summed E-state index contributed by atoms with van der Waals surface area (Å²) in [4.78, 5) is 12.3. The van der Waals surface area contributed by atoms with Crippen molar-refractivity contribution < 1.29 is 26.7 Å². The smallest absolute Gasteiger partial charge is 0.243 e. The third-order valence-electron chi connectivity index (χ3n) is 5.39. The maximum atomic E-state index is 13.4. The van der Waals surface area contributed by atoms with Crippen molar-refractivity contribution in [2.75, 3.05) is 19.7 Å².